The molecule has 1 aliphatic rings. The van der Waals surface area contributed by atoms with Crippen molar-refractivity contribution in [3.63, 3.8) is 0 Å². The molecule has 0 aliphatic carbocycles. The Morgan fingerprint density at radius 2 is 1.66 bits per heavy atom. The van der Waals surface area contributed by atoms with Crippen LogP contribution in [0.1, 0.15) is 101 Å². The van der Waals surface area contributed by atoms with Gasteiger partial charge in [-0.15, -0.1) is 0 Å². The summed E-state index contributed by atoms with van der Waals surface area (Å²) in [7, 11) is 0. The van der Waals surface area contributed by atoms with Crippen molar-refractivity contribution in [3.05, 3.63) is 41.7 Å². The van der Waals surface area contributed by atoms with E-state index in [-0.39, 0.29) is 49.5 Å². The standard InChI is InChI=1S/C36H53N7O10/c1-8-53-27(44)14-10-9-12-24(40-30(46)23-19-38-16-15-22(23)35(51)52)31(47)42-28(36(5,6)7)34(50)43-17-11-13-26(43)33(49)41-25(18-20(2)3)32(48)39-21(4)29(37)45/h10,14-16,19-21,24-26,28H,8-9,11-13,17-18H2,1-7H3,(H2,37,45)(H,39,48)(H,40,46)(H,41,49)(H,42,47)(H,51,52)/b14-10+/t21-,24-,25-,26-,28+/m0/s1. The number of carboxylic acid groups (broad SMARTS) is 1. The van der Waals surface area contributed by atoms with Crippen molar-refractivity contribution in [2.45, 2.75) is 111 Å². The molecule has 0 bridgehead atoms. The van der Waals surface area contributed by atoms with Gasteiger partial charge in [0.1, 0.15) is 30.2 Å². The maximum atomic E-state index is 14.2. The molecular formula is C36H53N7O10. The third-order valence-corrected chi connectivity index (χ3v) is 8.44. The normalized spacial score (nSPS) is 16.6. The quantitative estimate of drug-likeness (QED) is 0.0906. The molecule has 7 N–H and O–H groups in total. The van der Waals surface area contributed by atoms with Gasteiger partial charge in [-0.2, -0.15) is 0 Å². The number of amides is 6. The van der Waals surface area contributed by atoms with E-state index >= 15 is 0 Å². The molecule has 6 amide bonds. The number of carbonyl (C=O) groups excluding carboxylic acids is 7. The highest BCUT2D eigenvalue weighted by Crippen LogP contribution is 2.26. The molecule has 53 heavy (non-hydrogen) atoms. The zero-order chi connectivity index (χ0) is 40.0. The number of ether oxygens (including phenoxy) is 1. The van der Waals surface area contributed by atoms with E-state index in [4.69, 9.17) is 10.5 Å². The van der Waals surface area contributed by atoms with Gasteiger partial charge >= 0.3 is 11.9 Å². The Balaban J connectivity index is 2.35. The van der Waals surface area contributed by atoms with Crippen molar-refractivity contribution in [1.82, 2.24) is 31.2 Å². The van der Waals surface area contributed by atoms with Gasteiger partial charge in [0.2, 0.25) is 29.5 Å². The lowest BCUT2D eigenvalue weighted by atomic mass is 9.85. The minimum absolute atomic E-state index is 0.0142. The van der Waals surface area contributed by atoms with Crippen LogP contribution in [0, 0.1) is 11.3 Å². The Morgan fingerprint density at radius 1 is 1.00 bits per heavy atom. The van der Waals surface area contributed by atoms with Gasteiger partial charge in [-0.3, -0.25) is 33.8 Å². The number of carbonyl (C=O) groups is 8. The number of likely N-dealkylation sites (tertiary alicyclic amines) is 1. The third kappa shape index (κ3) is 13.3. The molecule has 17 heteroatoms. The molecule has 0 unspecified atom stereocenters. The fourth-order valence-corrected chi connectivity index (χ4v) is 5.62. The molecule has 292 valence electrons. The number of nitrogens with one attached hydrogen (secondary N) is 4. The average Bonchev–Trinajstić information content (AvgIpc) is 3.57. The Bertz CT molecular complexity index is 1550. The van der Waals surface area contributed by atoms with Gasteiger partial charge in [-0.1, -0.05) is 40.7 Å². The van der Waals surface area contributed by atoms with E-state index in [1.165, 1.54) is 30.2 Å². The number of esters is 1. The van der Waals surface area contributed by atoms with Crippen LogP contribution in [0.4, 0.5) is 0 Å². The van der Waals surface area contributed by atoms with Crippen LogP contribution < -0.4 is 27.0 Å². The van der Waals surface area contributed by atoms with Crippen LogP contribution in [0.5, 0.6) is 0 Å². The number of aromatic nitrogens is 1. The number of nitrogens with zero attached hydrogens (tertiary/aromatic N) is 2. The van der Waals surface area contributed by atoms with Gasteiger partial charge in [0, 0.05) is 25.0 Å². The second-order valence-electron chi connectivity index (χ2n) is 14.3. The highest BCUT2D eigenvalue weighted by atomic mass is 16.5. The minimum atomic E-state index is -1.38. The molecule has 1 aromatic rings. The first-order valence-electron chi connectivity index (χ1n) is 17.6. The third-order valence-electron chi connectivity index (χ3n) is 8.44. The van der Waals surface area contributed by atoms with E-state index in [1.54, 1.807) is 27.7 Å². The maximum Gasteiger partial charge on any atom is 0.336 e. The summed E-state index contributed by atoms with van der Waals surface area (Å²) in [6.45, 7) is 12.3. The van der Waals surface area contributed by atoms with Gasteiger partial charge in [-0.25, -0.2) is 9.59 Å². The first kappa shape index (κ1) is 43.8. The number of hydrogen-bond donors (Lipinski definition) is 6. The monoisotopic (exact) mass is 743 g/mol. The molecule has 0 spiro atoms. The van der Waals surface area contributed by atoms with E-state index in [0.29, 0.717) is 12.8 Å². The fraction of sp³-hybridized carbons (Fsp3) is 0.583. The maximum absolute atomic E-state index is 14.2. The number of hydrogen-bond acceptors (Lipinski definition) is 10. The number of pyridine rings is 1. The Kier molecular flexibility index (Phi) is 16.6. The van der Waals surface area contributed by atoms with Crippen molar-refractivity contribution in [2.75, 3.05) is 13.2 Å². The van der Waals surface area contributed by atoms with E-state index in [1.807, 2.05) is 13.8 Å². The van der Waals surface area contributed by atoms with Gasteiger partial charge in [-0.05, 0) is 63.4 Å². The first-order chi connectivity index (χ1) is 24.8. The van der Waals surface area contributed by atoms with Crippen LogP contribution in [0.2, 0.25) is 0 Å². The van der Waals surface area contributed by atoms with Gasteiger partial charge in [0.05, 0.1) is 17.7 Å². The summed E-state index contributed by atoms with van der Waals surface area (Å²) in [5, 5.41) is 20.1. The number of nitrogens with two attached hydrogens (primary N) is 1. The van der Waals surface area contributed by atoms with Gasteiger partial charge in [0.15, 0.2) is 0 Å². The first-order valence-corrected chi connectivity index (χ1v) is 17.6. The average molecular weight is 744 g/mol. The summed E-state index contributed by atoms with van der Waals surface area (Å²) in [6.07, 6.45) is 5.97. The SMILES string of the molecule is CCOC(=O)/C=C/CC[C@H](NC(=O)c1cnccc1C(=O)O)C(=O)N[C@H](C(=O)N1CCC[C@H]1C(=O)N[C@@H](CC(C)C)C(=O)N[C@@H](C)C(N)=O)C(C)(C)C. The topological polar surface area (TPSA) is 256 Å². The van der Waals surface area contributed by atoms with Gasteiger partial charge < -0.3 is 41.7 Å². The summed E-state index contributed by atoms with van der Waals surface area (Å²) in [6, 6.07) is -4.31. The van der Waals surface area contributed by atoms with Crippen molar-refractivity contribution in [2.24, 2.45) is 17.1 Å². The molecular weight excluding hydrogens is 690 g/mol. The lowest BCUT2D eigenvalue weighted by Gasteiger charge is -2.36. The summed E-state index contributed by atoms with van der Waals surface area (Å²) in [5.41, 5.74) is 3.76. The Labute approximate surface area is 309 Å². The summed E-state index contributed by atoms with van der Waals surface area (Å²) in [5.74, 6) is -6.14. The van der Waals surface area contributed by atoms with Gasteiger partial charge in [0.25, 0.3) is 5.91 Å². The number of carboxylic acids is 1. The summed E-state index contributed by atoms with van der Waals surface area (Å²) >= 11 is 0. The van der Waals surface area contributed by atoms with Crippen molar-refractivity contribution < 1.29 is 48.2 Å². The number of allylic oxidation sites excluding steroid dienone is 1. The zero-order valence-corrected chi connectivity index (χ0v) is 31.4. The van der Waals surface area contributed by atoms with Crippen LogP contribution in [0.25, 0.3) is 0 Å². The van der Waals surface area contributed by atoms with Crippen molar-refractivity contribution >= 4 is 47.4 Å². The molecule has 2 rings (SSSR count). The van der Waals surface area contributed by atoms with Crippen molar-refractivity contribution in [3.8, 4) is 0 Å². The number of rotatable bonds is 18. The molecule has 2 heterocycles. The largest absolute Gasteiger partial charge is 0.478 e. The van der Waals surface area contributed by atoms with Crippen LogP contribution in [0.3, 0.4) is 0 Å². The van der Waals surface area contributed by atoms with Crippen LogP contribution in [-0.4, -0.2) is 106 Å². The molecule has 1 fully saturated rings. The highest BCUT2D eigenvalue weighted by molar-refractivity contribution is 6.06. The van der Waals surface area contributed by atoms with E-state index in [9.17, 15) is 43.5 Å². The predicted octanol–water partition coefficient (Wildman–Crippen LogP) is 0.821. The van der Waals surface area contributed by atoms with Crippen LogP contribution in [-0.2, 0) is 33.5 Å². The summed E-state index contributed by atoms with van der Waals surface area (Å²) in [4.78, 5) is 108. The second kappa shape index (κ2) is 20.0. The molecule has 1 aromatic heterocycles. The zero-order valence-electron chi connectivity index (χ0n) is 31.4. The Morgan fingerprint density at radius 3 is 2.25 bits per heavy atom. The minimum Gasteiger partial charge on any atom is -0.478 e. The van der Waals surface area contributed by atoms with Crippen molar-refractivity contribution in [1.29, 1.82) is 0 Å². The predicted molar refractivity (Wildman–Crippen MR) is 192 cm³/mol. The Hall–Kier alpha value is -5.35. The molecule has 0 aromatic carbocycles. The van der Waals surface area contributed by atoms with E-state index in [0.717, 1.165) is 12.3 Å². The molecule has 1 aliphatic heterocycles. The number of primary amides is 1. The lowest BCUT2D eigenvalue weighted by molar-refractivity contribution is -0.144. The fourth-order valence-electron chi connectivity index (χ4n) is 5.62. The molecule has 17 nitrogen and oxygen atoms in total. The molecule has 5 atom stereocenters. The van der Waals surface area contributed by atoms with E-state index in [2.05, 4.69) is 26.3 Å². The molecule has 1 saturated heterocycles. The van der Waals surface area contributed by atoms with Crippen LogP contribution >= 0.6 is 0 Å². The molecule has 0 radical (unpaired) electrons. The summed E-state index contributed by atoms with van der Waals surface area (Å²) < 4.78 is 4.87. The number of aromatic carboxylic acids is 1. The molecule has 0 saturated carbocycles. The van der Waals surface area contributed by atoms with Crippen LogP contribution in [0.15, 0.2) is 30.6 Å². The highest BCUT2D eigenvalue weighted by Gasteiger charge is 2.43. The smallest absolute Gasteiger partial charge is 0.336 e. The second-order valence-corrected chi connectivity index (χ2v) is 14.3. The van der Waals surface area contributed by atoms with E-state index < -0.39 is 83.0 Å². The lowest BCUT2D eigenvalue weighted by Crippen LogP contribution is -2.61.